The summed E-state index contributed by atoms with van der Waals surface area (Å²) in [6.45, 7) is 6.81. The molecule has 0 saturated carbocycles. The lowest BCUT2D eigenvalue weighted by molar-refractivity contribution is -0.179. The maximum Gasteiger partial charge on any atom is 0.331 e. The predicted molar refractivity (Wildman–Crippen MR) is 191 cm³/mol. The minimum Gasteiger partial charge on any atom is -0.491 e. The van der Waals surface area contributed by atoms with Gasteiger partial charge in [-0.1, -0.05) is 42.6 Å². The van der Waals surface area contributed by atoms with E-state index in [2.05, 4.69) is 44.0 Å². The van der Waals surface area contributed by atoms with Crippen LogP contribution in [-0.4, -0.2) is 90.6 Å². The maximum absolute atomic E-state index is 12.8. The quantitative estimate of drug-likeness (QED) is 0.179. The van der Waals surface area contributed by atoms with Crippen molar-refractivity contribution in [3.63, 3.8) is 0 Å². The Hall–Kier alpha value is -4.36. The van der Waals surface area contributed by atoms with E-state index in [-0.39, 0.29) is 37.6 Å². The highest BCUT2D eigenvalue weighted by Crippen LogP contribution is 2.41. The molecule has 4 aromatic rings. The third-order valence-electron chi connectivity index (χ3n) is 9.28. The summed E-state index contributed by atoms with van der Waals surface area (Å²) in [7, 11) is 0. The number of urea groups is 1. The number of anilines is 3. The van der Waals surface area contributed by atoms with Crippen LogP contribution in [-0.2, 0) is 26.5 Å². The van der Waals surface area contributed by atoms with E-state index in [1.54, 1.807) is 17.0 Å². The second kappa shape index (κ2) is 14.9. The lowest BCUT2D eigenvalue weighted by Crippen LogP contribution is -2.46. The number of benzene rings is 3. The number of piperazine rings is 1. The topological polar surface area (TPSA) is 116 Å². The number of hydrogen-bond donors (Lipinski definition) is 1. The van der Waals surface area contributed by atoms with Crippen LogP contribution in [0.4, 0.5) is 21.9 Å². The predicted octanol–water partition coefficient (Wildman–Crippen LogP) is 5.90. The van der Waals surface area contributed by atoms with E-state index in [0.29, 0.717) is 40.3 Å². The van der Waals surface area contributed by atoms with Gasteiger partial charge >= 0.3 is 6.03 Å². The van der Waals surface area contributed by atoms with Gasteiger partial charge in [-0.15, -0.1) is 0 Å². The molecule has 14 heteroatoms. The number of halogens is 2. The molecule has 3 aliphatic rings. The van der Waals surface area contributed by atoms with E-state index in [0.717, 1.165) is 56.1 Å². The van der Waals surface area contributed by atoms with Crippen molar-refractivity contribution in [2.75, 3.05) is 67.2 Å². The summed E-state index contributed by atoms with van der Waals surface area (Å²) in [6, 6.07) is 20.8. The zero-order chi connectivity index (χ0) is 34.7. The highest BCUT2D eigenvalue weighted by molar-refractivity contribution is 6.35. The molecule has 3 saturated heterocycles. The van der Waals surface area contributed by atoms with Crippen LogP contribution in [0.3, 0.4) is 0 Å². The first-order chi connectivity index (χ1) is 24.3. The highest BCUT2D eigenvalue weighted by Gasteiger charge is 2.46. The van der Waals surface area contributed by atoms with E-state index < -0.39 is 5.79 Å². The molecule has 1 aromatic heterocycles. The summed E-state index contributed by atoms with van der Waals surface area (Å²) in [6.07, 6.45) is 3.25. The van der Waals surface area contributed by atoms with Gasteiger partial charge in [0.25, 0.3) is 5.91 Å². The lowest BCUT2D eigenvalue weighted by Gasteiger charge is -2.37. The summed E-state index contributed by atoms with van der Waals surface area (Å²) >= 11 is 12.7. The molecule has 262 valence electrons. The molecule has 0 radical (unpaired) electrons. The summed E-state index contributed by atoms with van der Waals surface area (Å²) in [5, 5.41) is 7.79. The van der Waals surface area contributed by atoms with Gasteiger partial charge in [0.05, 0.1) is 23.7 Å². The molecule has 3 amide bonds. The molecule has 12 nitrogen and oxygen atoms in total. The SMILES string of the molecule is CCCCN1CC(=O)N(c2ccc(N3CCN(c4ccc(OCC5COC(Cc6ncn[nH]6)(c6ccc(Cl)cc6Cl)O5)cc4)CC3)cc2)C1=O. The van der Waals surface area contributed by atoms with E-state index in [1.807, 2.05) is 42.5 Å². The lowest BCUT2D eigenvalue weighted by atomic mass is 10.0. The van der Waals surface area contributed by atoms with Crippen LogP contribution < -0.4 is 19.4 Å². The molecular formula is C36H39Cl2N7O5. The largest absolute Gasteiger partial charge is 0.491 e. The first kappa shape index (κ1) is 34.1. The zero-order valence-corrected chi connectivity index (χ0v) is 29.3. The van der Waals surface area contributed by atoms with Gasteiger partial charge in [0.1, 0.15) is 37.2 Å². The summed E-state index contributed by atoms with van der Waals surface area (Å²) in [4.78, 5) is 37.3. The molecule has 2 unspecified atom stereocenters. The van der Waals surface area contributed by atoms with Crippen LogP contribution in [0.25, 0.3) is 0 Å². The van der Waals surface area contributed by atoms with E-state index in [1.165, 1.54) is 11.2 Å². The van der Waals surface area contributed by atoms with Gasteiger partial charge in [-0.2, -0.15) is 5.10 Å². The van der Waals surface area contributed by atoms with Crippen molar-refractivity contribution in [1.82, 2.24) is 20.1 Å². The average molecular weight is 721 g/mol. The second-order valence-electron chi connectivity index (χ2n) is 12.6. The fraction of sp³-hybridized carbons (Fsp3) is 0.389. The maximum atomic E-state index is 12.8. The highest BCUT2D eigenvalue weighted by atomic mass is 35.5. The third-order valence-corrected chi connectivity index (χ3v) is 9.82. The minimum atomic E-state index is -1.16. The van der Waals surface area contributed by atoms with E-state index in [9.17, 15) is 9.59 Å². The molecule has 1 N–H and O–H groups in total. The molecule has 2 atom stereocenters. The molecule has 0 bridgehead atoms. The molecule has 50 heavy (non-hydrogen) atoms. The van der Waals surface area contributed by atoms with Crippen molar-refractivity contribution in [1.29, 1.82) is 0 Å². The van der Waals surface area contributed by atoms with Crippen LogP contribution in [0.1, 0.15) is 31.2 Å². The summed E-state index contributed by atoms with van der Waals surface area (Å²) in [5.41, 5.74) is 3.47. The van der Waals surface area contributed by atoms with Gasteiger partial charge in [-0.25, -0.2) is 14.7 Å². The Labute approximate surface area is 300 Å². The molecule has 3 aliphatic heterocycles. The van der Waals surface area contributed by atoms with Crippen LogP contribution in [0.5, 0.6) is 5.75 Å². The van der Waals surface area contributed by atoms with Crippen molar-refractivity contribution >= 4 is 52.2 Å². The Morgan fingerprint density at radius 2 is 1.62 bits per heavy atom. The molecule has 0 spiro atoms. The number of hydrogen-bond acceptors (Lipinski definition) is 9. The van der Waals surface area contributed by atoms with E-state index >= 15 is 0 Å². The standard InChI is InChI=1S/C36H39Cl2N7O5/c1-2-3-14-44-21-34(46)45(35(44)47)28-7-5-26(6-8-28)42-15-17-43(18-16-42)27-9-11-29(12-10-27)48-22-30-23-49-36(50-30,20-33-39-24-40-41-33)31-13-4-25(37)19-32(31)38/h4-13,19,24,30H,2-3,14-18,20-23H2,1H3,(H,39,40,41). The number of aromatic amines is 1. The number of rotatable bonds is 12. The number of nitrogens with zero attached hydrogens (tertiary/aromatic N) is 6. The number of amides is 3. The smallest absolute Gasteiger partial charge is 0.331 e. The summed E-state index contributed by atoms with van der Waals surface area (Å²) < 4.78 is 18.9. The van der Waals surface area contributed by atoms with Gasteiger partial charge in [0, 0.05) is 54.7 Å². The molecule has 4 heterocycles. The molecule has 3 aromatic carbocycles. The number of imide groups is 1. The fourth-order valence-electron chi connectivity index (χ4n) is 6.62. The molecule has 7 rings (SSSR count). The van der Waals surface area contributed by atoms with Gasteiger partial charge in [-0.3, -0.25) is 9.89 Å². The number of unbranched alkanes of at least 4 members (excludes halogenated alkanes) is 1. The minimum absolute atomic E-state index is 0.145. The Bertz CT molecular complexity index is 1790. The Kier molecular flexibility index (Phi) is 10.1. The molecule has 3 fully saturated rings. The Morgan fingerprint density at radius 1 is 0.940 bits per heavy atom. The number of H-pyrrole nitrogens is 1. The first-order valence-electron chi connectivity index (χ1n) is 16.9. The van der Waals surface area contributed by atoms with Crippen LogP contribution >= 0.6 is 23.2 Å². The van der Waals surface area contributed by atoms with Crippen molar-refractivity contribution in [3.05, 3.63) is 94.5 Å². The number of carbonyl (C=O) groups excluding carboxylic acids is 2. The van der Waals surface area contributed by atoms with Crippen molar-refractivity contribution in [2.45, 2.75) is 38.1 Å². The van der Waals surface area contributed by atoms with Crippen molar-refractivity contribution < 1.29 is 23.8 Å². The second-order valence-corrected chi connectivity index (χ2v) is 13.5. The van der Waals surface area contributed by atoms with Gasteiger partial charge in [0.2, 0.25) is 5.79 Å². The van der Waals surface area contributed by atoms with Gasteiger partial charge in [-0.05, 0) is 67.1 Å². The first-order valence-corrected chi connectivity index (χ1v) is 17.6. The van der Waals surface area contributed by atoms with Crippen LogP contribution in [0.15, 0.2) is 73.1 Å². The average Bonchev–Trinajstić information content (AvgIpc) is 3.86. The van der Waals surface area contributed by atoms with Crippen LogP contribution in [0.2, 0.25) is 10.0 Å². The number of carbonyl (C=O) groups is 2. The Balaban J connectivity index is 0.910. The Morgan fingerprint density at radius 3 is 2.26 bits per heavy atom. The number of aromatic nitrogens is 3. The molecule has 0 aliphatic carbocycles. The fourth-order valence-corrected chi connectivity index (χ4v) is 7.17. The van der Waals surface area contributed by atoms with Gasteiger partial charge < -0.3 is 28.9 Å². The zero-order valence-electron chi connectivity index (χ0n) is 27.8. The normalized spacial score (nSPS) is 21.1. The van der Waals surface area contributed by atoms with Crippen molar-refractivity contribution in [2.24, 2.45) is 0 Å². The van der Waals surface area contributed by atoms with Crippen LogP contribution in [0, 0.1) is 0 Å². The number of ether oxygens (including phenoxy) is 3. The van der Waals surface area contributed by atoms with E-state index in [4.69, 9.17) is 37.4 Å². The van der Waals surface area contributed by atoms with Gasteiger partial charge in [0.15, 0.2) is 0 Å². The van der Waals surface area contributed by atoms with Crippen molar-refractivity contribution in [3.8, 4) is 5.75 Å². The summed E-state index contributed by atoms with van der Waals surface area (Å²) in [5.74, 6) is 0.00162. The number of nitrogens with one attached hydrogen (secondary N) is 1. The third kappa shape index (κ3) is 7.25. The monoisotopic (exact) mass is 719 g/mol. The molecular weight excluding hydrogens is 681 g/mol.